The van der Waals surface area contributed by atoms with Crippen molar-refractivity contribution in [2.45, 2.75) is 13.0 Å². The van der Waals surface area contributed by atoms with Gasteiger partial charge in [-0.3, -0.25) is 14.5 Å². The standard InChI is InChI=1S/C21H23Cl2N3O2/c22-18-8-4-7-17(21(18)23)15-25-9-11-26(12-10-25)20(28)14-24-19(27)13-16-5-2-1-3-6-16/h1-8H,9-15H2,(H,24,27). The first kappa shape index (κ1) is 20.6. The van der Waals surface area contributed by atoms with Crippen molar-refractivity contribution in [3.8, 4) is 0 Å². The van der Waals surface area contributed by atoms with Gasteiger partial charge in [-0.05, 0) is 17.2 Å². The molecule has 7 heteroatoms. The number of hydrogen-bond acceptors (Lipinski definition) is 3. The molecule has 3 rings (SSSR count). The first-order valence-electron chi connectivity index (χ1n) is 9.26. The lowest BCUT2D eigenvalue weighted by atomic mass is 10.1. The van der Waals surface area contributed by atoms with Gasteiger partial charge in [-0.2, -0.15) is 0 Å². The van der Waals surface area contributed by atoms with Gasteiger partial charge in [-0.25, -0.2) is 0 Å². The van der Waals surface area contributed by atoms with Gasteiger partial charge in [0.2, 0.25) is 11.8 Å². The van der Waals surface area contributed by atoms with E-state index in [0.29, 0.717) is 29.7 Å². The first-order chi connectivity index (χ1) is 13.5. The fraction of sp³-hybridized carbons (Fsp3) is 0.333. The fourth-order valence-corrected chi connectivity index (χ4v) is 3.58. The molecule has 0 saturated carbocycles. The Balaban J connectivity index is 1.41. The Morgan fingerprint density at radius 3 is 2.36 bits per heavy atom. The lowest BCUT2D eigenvalue weighted by molar-refractivity contribution is -0.134. The number of carbonyl (C=O) groups is 2. The molecule has 2 amide bonds. The minimum Gasteiger partial charge on any atom is -0.347 e. The molecule has 0 aliphatic carbocycles. The van der Waals surface area contributed by atoms with Crippen molar-refractivity contribution in [3.05, 3.63) is 69.7 Å². The molecular formula is C21H23Cl2N3O2. The quantitative estimate of drug-likeness (QED) is 0.782. The van der Waals surface area contributed by atoms with E-state index in [2.05, 4.69) is 10.2 Å². The van der Waals surface area contributed by atoms with Crippen LogP contribution in [0.3, 0.4) is 0 Å². The third-order valence-corrected chi connectivity index (χ3v) is 5.65. The lowest BCUT2D eigenvalue weighted by Gasteiger charge is -2.35. The summed E-state index contributed by atoms with van der Waals surface area (Å²) in [7, 11) is 0. The maximum absolute atomic E-state index is 12.4. The monoisotopic (exact) mass is 419 g/mol. The summed E-state index contributed by atoms with van der Waals surface area (Å²) in [5.41, 5.74) is 1.92. The Kier molecular flexibility index (Phi) is 7.31. The van der Waals surface area contributed by atoms with Gasteiger partial charge < -0.3 is 10.2 Å². The average molecular weight is 420 g/mol. The topological polar surface area (TPSA) is 52.7 Å². The smallest absolute Gasteiger partial charge is 0.242 e. The maximum atomic E-state index is 12.4. The van der Waals surface area contributed by atoms with Crippen LogP contribution in [0.5, 0.6) is 0 Å². The number of nitrogens with one attached hydrogen (secondary N) is 1. The molecule has 0 aromatic heterocycles. The highest BCUT2D eigenvalue weighted by molar-refractivity contribution is 6.42. The number of benzene rings is 2. The summed E-state index contributed by atoms with van der Waals surface area (Å²) in [6.45, 7) is 3.51. The summed E-state index contributed by atoms with van der Waals surface area (Å²) < 4.78 is 0. The molecule has 0 atom stereocenters. The summed E-state index contributed by atoms with van der Waals surface area (Å²) in [6.07, 6.45) is 0.280. The van der Waals surface area contributed by atoms with Crippen molar-refractivity contribution < 1.29 is 9.59 Å². The highest BCUT2D eigenvalue weighted by atomic mass is 35.5. The van der Waals surface area contributed by atoms with Crippen LogP contribution in [0.25, 0.3) is 0 Å². The highest BCUT2D eigenvalue weighted by Crippen LogP contribution is 2.26. The molecule has 2 aromatic rings. The Labute approximate surface area is 175 Å². The van der Waals surface area contributed by atoms with Crippen LogP contribution in [0.2, 0.25) is 10.0 Å². The van der Waals surface area contributed by atoms with E-state index in [-0.39, 0.29) is 24.8 Å². The van der Waals surface area contributed by atoms with E-state index in [1.165, 1.54) is 0 Å². The zero-order valence-electron chi connectivity index (χ0n) is 15.5. The molecule has 1 aliphatic heterocycles. The zero-order chi connectivity index (χ0) is 19.9. The van der Waals surface area contributed by atoms with Crippen LogP contribution in [-0.2, 0) is 22.6 Å². The molecule has 0 spiro atoms. The van der Waals surface area contributed by atoms with Crippen molar-refractivity contribution in [1.82, 2.24) is 15.1 Å². The summed E-state index contributed by atoms with van der Waals surface area (Å²) in [4.78, 5) is 28.4. The Bertz CT molecular complexity index is 822. The molecule has 5 nitrogen and oxygen atoms in total. The number of hydrogen-bond donors (Lipinski definition) is 1. The van der Waals surface area contributed by atoms with Crippen molar-refractivity contribution in [2.75, 3.05) is 32.7 Å². The average Bonchev–Trinajstić information content (AvgIpc) is 2.71. The summed E-state index contributed by atoms with van der Waals surface area (Å²) in [5, 5.41) is 3.86. The van der Waals surface area contributed by atoms with Crippen LogP contribution in [0.4, 0.5) is 0 Å². The molecule has 148 valence electrons. The Morgan fingerprint density at radius 2 is 1.64 bits per heavy atom. The number of amides is 2. The molecular weight excluding hydrogens is 397 g/mol. The second-order valence-corrected chi connectivity index (χ2v) is 7.59. The third-order valence-electron chi connectivity index (χ3n) is 4.79. The number of carbonyl (C=O) groups excluding carboxylic acids is 2. The normalized spacial score (nSPS) is 14.7. The van der Waals surface area contributed by atoms with E-state index < -0.39 is 0 Å². The number of rotatable bonds is 6. The van der Waals surface area contributed by atoms with Gasteiger partial charge in [0, 0.05) is 32.7 Å². The Hall–Kier alpha value is -2.08. The van der Waals surface area contributed by atoms with Gasteiger partial charge in [0.1, 0.15) is 0 Å². The zero-order valence-corrected chi connectivity index (χ0v) is 17.0. The predicted octanol–water partition coefficient (Wildman–Crippen LogP) is 3.00. The fourth-order valence-electron chi connectivity index (χ4n) is 3.20. The van der Waals surface area contributed by atoms with Crippen LogP contribution in [-0.4, -0.2) is 54.3 Å². The van der Waals surface area contributed by atoms with Crippen LogP contribution >= 0.6 is 23.2 Å². The molecule has 0 bridgehead atoms. The van der Waals surface area contributed by atoms with Gasteiger partial charge in [0.05, 0.1) is 23.0 Å². The van der Waals surface area contributed by atoms with E-state index in [0.717, 1.165) is 24.2 Å². The summed E-state index contributed by atoms with van der Waals surface area (Å²) >= 11 is 12.3. The van der Waals surface area contributed by atoms with E-state index in [4.69, 9.17) is 23.2 Å². The third kappa shape index (κ3) is 5.71. The lowest BCUT2D eigenvalue weighted by Crippen LogP contribution is -2.51. The molecule has 1 aliphatic rings. The van der Waals surface area contributed by atoms with E-state index >= 15 is 0 Å². The van der Waals surface area contributed by atoms with Crippen molar-refractivity contribution in [2.24, 2.45) is 0 Å². The number of nitrogens with zero attached hydrogens (tertiary/aromatic N) is 2. The van der Waals surface area contributed by atoms with Gasteiger partial charge in [-0.1, -0.05) is 65.7 Å². The van der Waals surface area contributed by atoms with Crippen LogP contribution in [0, 0.1) is 0 Å². The van der Waals surface area contributed by atoms with Crippen molar-refractivity contribution in [3.63, 3.8) is 0 Å². The Morgan fingerprint density at radius 1 is 0.929 bits per heavy atom. The maximum Gasteiger partial charge on any atom is 0.242 e. The van der Waals surface area contributed by atoms with E-state index in [9.17, 15) is 9.59 Å². The predicted molar refractivity (Wildman–Crippen MR) is 111 cm³/mol. The highest BCUT2D eigenvalue weighted by Gasteiger charge is 2.22. The van der Waals surface area contributed by atoms with Crippen molar-refractivity contribution in [1.29, 1.82) is 0 Å². The molecule has 0 unspecified atom stereocenters. The summed E-state index contributed by atoms with van der Waals surface area (Å²) in [5.74, 6) is -0.198. The number of piperazine rings is 1. The van der Waals surface area contributed by atoms with Crippen LogP contribution < -0.4 is 5.32 Å². The van der Waals surface area contributed by atoms with Crippen molar-refractivity contribution >= 4 is 35.0 Å². The summed E-state index contributed by atoms with van der Waals surface area (Å²) in [6, 6.07) is 15.1. The van der Waals surface area contributed by atoms with Crippen LogP contribution in [0.1, 0.15) is 11.1 Å². The van der Waals surface area contributed by atoms with Gasteiger partial charge >= 0.3 is 0 Å². The largest absolute Gasteiger partial charge is 0.347 e. The van der Waals surface area contributed by atoms with E-state index in [1.54, 1.807) is 11.0 Å². The molecule has 28 heavy (non-hydrogen) atoms. The van der Waals surface area contributed by atoms with Gasteiger partial charge in [0.25, 0.3) is 0 Å². The molecule has 1 fully saturated rings. The van der Waals surface area contributed by atoms with Gasteiger partial charge in [0.15, 0.2) is 0 Å². The second kappa shape index (κ2) is 9.92. The van der Waals surface area contributed by atoms with Crippen LogP contribution in [0.15, 0.2) is 48.5 Å². The first-order valence-corrected chi connectivity index (χ1v) is 10.0. The second-order valence-electron chi connectivity index (χ2n) is 6.81. The minimum absolute atomic E-state index is 0.0335. The molecule has 1 heterocycles. The number of halogens is 2. The molecule has 1 N–H and O–H groups in total. The van der Waals surface area contributed by atoms with Gasteiger partial charge in [-0.15, -0.1) is 0 Å². The van der Waals surface area contributed by atoms with E-state index in [1.807, 2.05) is 42.5 Å². The molecule has 0 radical (unpaired) electrons. The minimum atomic E-state index is -0.145. The SMILES string of the molecule is O=C(Cc1ccccc1)NCC(=O)N1CCN(Cc2cccc(Cl)c2Cl)CC1. The molecule has 1 saturated heterocycles. The molecule has 2 aromatic carbocycles.